The summed E-state index contributed by atoms with van der Waals surface area (Å²) in [6, 6.07) is 11.1. The quantitative estimate of drug-likeness (QED) is 0.721. The molecule has 7 nitrogen and oxygen atoms in total. The van der Waals surface area contributed by atoms with Gasteiger partial charge < -0.3 is 4.74 Å². The maximum atomic E-state index is 12.6. The molecule has 1 amide bonds. The number of nitrogens with one attached hydrogen (secondary N) is 2. The molecule has 28 heavy (non-hydrogen) atoms. The highest BCUT2D eigenvalue weighted by atomic mass is 32.2. The number of benzene rings is 2. The lowest BCUT2D eigenvalue weighted by atomic mass is 10.1. The maximum Gasteiger partial charge on any atom is 0.274 e. The Bertz CT molecular complexity index is 936. The average molecular weight is 404 g/mol. The predicted molar refractivity (Wildman–Crippen MR) is 105 cm³/mol. The van der Waals surface area contributed by atoms with Crippen molar-refractivity contribution in [1.82, 2.24) is 5.48 Å². The Morgan fingerprint density at radius 1 is 1.11 bits per heavy atom. The molecule has 0 aromatic heterocycles. The molecule has 1 aliphatic heterocycles. The van der Waals surface area contributed by atoms with Gasteiger partial charge in [-0.1, -0.05) is 12.1 Å². The Labute approximate surface area is 165 Å². The highest BCUT2D eigenvalue weighted by Gasteiger charge is 2.18. The Balaban J connectivity index is 1.65. The second-order valence-electron chi connectivity index (χ2n) is 6.72. The normalized spacial score (nSPS) is 17.1. The number of ether oxygens (including phenoxy) is 1. The number of carbonyl (C=O) groups excluding carboxylic acids is 1. The van der Waals surface area contributed by atoms with Crippen molar-refractivity contribution < 1.29 is 22.8 Å². The Morgan fingerprint density at radius 2 is 1.86 bits per heavy atom. The lowest BCUT2D eigenvalue weighted by Crippen LogP contribution is -2.33. The number of hydroxylamine groups is 1. The summed E-state index contributed by atoms with van der Waals surface area (Å²) in [5.74, 6) is -0.458. The van der Waals surface area contributed by atoms with Crippen LogP contribution in [0, 0.1) is 13.8 Å². The van der Waals surface area contributed by atoms with E-state index in [9.17, 15) is 13.2 Å². The van der Waals surface area contributed by atoms with Crippen LogP contribution in [0.5, 0.6) is 0 Å². The molecule has 1 atom stereocenters. The van der Waals surface area contributed by atoms with Crippen LogP contribution in [-0.4, -0.2) is 27.2 Å². The van der Waals surface area contributed by atoms with Gasteiger partial charge in [0.2, 0.25) is 0 Å². The summed E-state index contributed by atoms with van der Waals surface area (Å²) >= 11 is 0. The zero-order valence-electron chi connectivity index (χ0n) is 15.9. The number of anilines is 1. The first-order chi connectivity index (χ1) is 13.4. The largest absolute Gasteiger partial charge is 0.350 e. The lowest BCUT2D eigenvalue weighted by Gasteiger charge is -2.22. The molecule has 0 bridgehead atoms. The van der Waals surface area contributed by atoms with E-state index in [1.807, 2.05) is 19.9 Å². The van der Waals surface area contributed by atoms with E-state index in [0.29, 0.717) is 17.9 Å². The number of rotatable bonds is 6. The molecule has 0 saturated carbocycles. The van der Waals surface area contributed by atoms with Crippen LogP contribution in [0.1, 0.15) is 40.7 Å². The van der Waals surface area contributed by atoms with Crippen molar-refractivity contribution in [2.24, 2.45) is 0 Å². The second-order valence-corrected chi connectivity index (χ2v) is 8.40. The highest BCUT2D eigenvalue weighted by Crippen LogP contribution is 2.22. The van der Waals surface area contributed by atoms with Gasteiger partial charge in [0.15, 0.2) is 6.29 Å². The molecule has 0 aliphatic carbocycles. The monoisotopic (exact) mass is 404 g/mol. The Kier molecular flexibility index (Phi) is 6.33. The fraction of sp³-hybridized carbons (Fsp3) is 0.350. The third kappa shape index (κ3) is 4.89. The van der Waals surface area contributed by atoms with Gasteiger partial charge in [-0.25, -0.2) is 18.7 Å². The van der Waals surface area contributed by atoms with Crippen LogP contribution in [0.15, 0.2) is 47.4 Å². The third-order valence-electron chi connectivity index (χ3n) is 4.70. The molecule has 1 aliphatic rings. The maximum absolute atomic E-state index is 12.6. The van der Waals surface area contributed by atoms with Gasteiger partial charge >= 0.3 is 0 Å². The Morgan fingerprint density at radius 3 is 2.54 bits per heavy atom. The molecule has 150 valence electrons. The van der Waals surface area contributed by atoms with E-state index in [-0.39, 0.29) is 4.90 Å². The first kappa shape index (κ1) is 20.3. The van der Waals surface area contributed by atoms with E-state index in [4.69, 9.17) is 9.57 Å². The number of amides is 1. The molecule has 2 N–H and O–H groups in total. The number of aryl methyl sites for hydroxylation is 1. The summed E-state index contributed by atoms with van der Waals surface area (Å²) in [6.45, 7) is 4.39. The van der Waals surface area contributed by atoms with Gasteiger partial charge in [-0.2, -0.15) is 0 Å². The van der Waals surface area contributed by atoms with Crippen molar-refractivity contribution >= 4 is 21.6 Å². The van der Waals surface area contributed by atoms with Crippen molar-refractivity contribution in [3.05, 3.63) is 59.2 Å². The van der Waals surface area contributed by atoms with Crippen LogP contribution in [0.2, 0.25) is 0 Å². The molecule has 2 aromatic rings. The molecular formula is C20H24N2O5S. The molecular weight excluding hydrogens is 380 g/mol. The van der Waals surface area contributed by atoms with E-state index >= 15 is 0 Å². The van der Waals surface area contributed by atoms with Gasteiger partial charge in [0, 0.05) is 18.6 Å². The fourth-order valence-corrected chi connectivity index (χ4v) is 3.96. The molecule has 3 rings (SSSR count). The summed E-state index contributed by atoms with van der Waals surface area (Å²) in [4.78, 5) is 17.5. The molecule has 1 saturated heterocycles. The Hall–Kier alpha value is -2.42. The second kappa shape index (κ2) is 8.72. The zero-order chi connectivity index (χ0) is 20.1. The van der Waals surface area contributed by atoms with Crippen molar-refractivity contribution in [3.63, 3.8) is 0 Å². The molecule has 8 heteroatoms. The van der Waals surface area contributed by atoms with E-state index in [1.54, 1.807) is 12.1 Å². The smallest absolute Gasteiger partial charge is 0.274 e. The van der Waals surface area contributed by atoms with Gasteiger partial charge in [0.25, 0.3) is 15.9 Å². The standard InChI is InChI=1S/C20H24N2O5S/c1-14-6-5-7-18(15(14)2)22-28(24,25)17-11-9-16(10-12-17)20(23)21-27-19-8-3-4-13-26-19/h5-7,9-12,19,22H,3-4,8,13H2,1-2H3,(H,21,23). The van der Waals surface area contributed by atoms with Crippen LogP contribution in [-0.2, 0) is 19.6 Å². The summed E-state index contributed by atoms with van der Waals surface area (Å²) in [5.41, 5.74) is 5.03. The predicted octanol–water partition coefficient (Wildman–Crippen LogP) is 3.29. The average Bonchev–Trinajstić information content (AvgIpc) is 2.70. The van der Waals surface area contributed by atoms with E-state index < -0.39 is 22.2 Å². The number of sulfonamides is 1. The number of carbonyl (C=O) groups is 1. The van der Waals surface area contributed by atoms with Crippen LogP contribution >= 0.6 is 0 Å². The first-order valence-electron chi connectivity index (χ1n) is 9.13. The van der Waals surface area contributed by atoms with E-state index in [0.717, 1.165) is 30.4 Å². The minimum Gasteiger partial charge on any atom is -0.350 e. The highest BCUT2D eigenvalue weighted by molar-refractivity contribution is 7.92. The molecule has 1 unspecified atom stereocenters. The van der Waals surface area contributed by atoms with E-state index in [2.05, 4.69) is 10.2 Å². The fourth-order valence-electron chi connectivity index (χ4n) is 2.83. The van der Waals surface area contributed by atoms with Crippen LogP contribution in [0.25, 0.3) is 0 Å². The van der Waals surface area contributed by atoms with Crippen LogP contribution in [0.3, 0.4) is 0 Å². The van der Waals surface area contributed by atoms with Gasteiger partial charge in [-0.15, -0.1) is 0 Å². The number of hydrogen-bond donors (Lipinski definition) is 2. The minimum absolute atomic E-state index is 0.0708. The molecule has 1 fully saturated rings. The molecule has 1 heterocycles. The van der Waals surface area contributed by atoms with Crippen molar-refractivity contribution in [3.8, 4) is 0 Å². The van der Waals surface area contributed by atoms with Crippen LogP contribution in [0.4, 0.5) is 5.69 Å². The van der Waals surface area contributed by atoms with Gasteiger partial charge in [-0.3, -0.25) is 9.52 Å². The van der Waals surface area contributed by atoms with Crippen molar-refractivity contribution in [2.75, 3.05) is 11.3 Å². The molecule has 0 spiro atoms. The minimum atomic E-state index is -3.76. The number of hydrogen-bond acceptors (Lipinski definition) is 5. The summed E-state index contributed by atoms with van der Waals surface area (Å²) in [5, 5.41) is 0. The van der Waals surface area contributed by atoms with Crippen LogP contribution < -0.4 is 10.2 Å². The van der Waals surface area contributed by atoms with E-state index in [1.165, 1.54) is 24.3 Å². The zero-order valence-corrected chi connectivity index (χ0v) is 16.7. The summed E-state index contributed by atoms with van der Waals surface area (Å²) < 4.78 is 33.2. The molecule has 2 aromatic carbocycles. The lowest BCUT2D eigenvalue weighted by molar-refractivity contribution is -0.186. The van der Waals surface area contributed by atoms with Gasteiger partial charge in [-0.05, 0) is 68.1 Å². The van der Waals surface area contributed by atoms with Gasteiger partial charge in [0.05, 0.1) is 10.6 Å². The SMILES string of the molecule is Cc1cccc(NS(=O)(=O)c2ccc(C(=O)NOC3CCCCO3)cc2)c1C. The molecule has 0 radical (unpaired) electrons. The third-order valence-corrected chi connectivity index (χ3v) is 6.08. The van der Waals surface area contributed by atoms with Gasteiger partial charge in [0.1, 0.15) is 0 Å². The first-order valence-corrected chi connectivity index (χ1v) is 10.6. The summed E-state index contributed by atoms with van der Waals surface area (Å²) in [6.07, 6.45) is 2.25. The van der Waals surface area contributed by atoms with Crippen molar-refractivity contribution in [1.29, 1.82) is 0 Å². The van der Waals surface area contributed by atoms with Crippen molar-refractivity contribution in [2.45, 2.75) is 44.3 Å². The summed E-state index contributed by atoms with van der Waals surface area (Å²) in [7, 11) is -3.76. The topological polar surface area (TPSA) is 93.7 Å².